The second kappa shape index (κ2) is 6.76. The topological polar surface area (TPSA) is 41.6 Å². The molecular weight excluding hydrogens is 266 g/mol. The zero-order chi connectivity index (χ0) is 14.5. The van der Waals surface area contributed by atoms with Crippen LogP contribution in [0.3, 0.4) is 0 Å². The molecule has 1 heterocycles. The fraction of sp³-hybridized carbons (Fsp3) is 0.500. The molecule has 0 aliphatic carbocycles. The lowest BCUT2D eigenvalue weighted by molar-refractivity contribution is -0.150. The van der Waals surface area contributed by atoms with E-state index in [-0.39, 0.29) is 5.97 Å². The maximum absolute atomic E-state index is 13.2. The molecule has 6 heteroatoms. The fourth-order valence-corrected chi connectivity index (χ4v) is 2.34. The summed E-state index contributed by atoms with van der Waals surface area (Å²) in [5.41, 5.74) is 0.513. The zero-order valence-corrected chi connectivity index (χ0v) is 11.4. The van der Waals surface area contributed by atoms with Crippen LogP contribution in [0.25, 0.3) is 0 Å². The number of ether oxygens (including phenoxy) is 1. The Balaban J connectivity index is 2.10. The molecule has 1 fully saturated rings. The van der Waals surface area contributed by atoms with E-state index in [0.29, 0.717) is 31.8 Å². The quantitative estimate of drug-likeness (QED) is 0.846. The molecule has 1 aliphatic rings. The van der Waals surface area contributed by atoms with Crippen LogP contribution in [0.5, 0.6) is 0 Å². The largest absolute Gasteiger partial charge is 0.465 e. The fourth-order valence-electron chi connectivity index (χ4n) is 2.34. The van der Waals surface area contributed by atoms with Gasteiger partial charge in [-0.1, -0.05) is 0 Å². The van der Waals surface area contributed by atoms with Gasteiger partial charge in [-0.05, 0) is 24.6 Å². The molecule has 2 rings (SSSR count). The minimum absolute atomic E-state index is 0.309. The van der Waals surface area contributed by atoms with Crippen molar-refractivity contribution in [2.45, 2.75) is 19.5 Å². The first-order chi connectivity index (χ1) is 9.60. The van der Waals surface area contributed by atoms with Crippen LogP contribution in [0.15, 0.2) is 18.2 Å². The number of piperazine rings is 1. The summed E-state index contributed by atoms with van der Waals surface area (Å²) in [6, 6.07) is 2.99. The Morgan fingerprint density at radius 3 is 2.75 bits per heavy atom. The summed E-state index contributed by atoms with van der Waals surface area (Å²) in [5, 5.41) is 3.12. The van der Waals surface area contributed by atoms with Crippen molar-refractivity contribution < 1.29 is 18.3 Å². The predicted molar refractivity (Wildman–Crippen MR) is 70.1 cm³/mol. The molecule has 0 amide bonds. The van der Waals surface area contributed by atoms with Crippen molar-refractivity contribution in [1.29, 1.82) is 0 Å². The molecule has 1 saturated heterocycles. The van der Waals surface area contributed by atoms with Crippen molar-refractivity contribution in [2.75, 3.05) is 26.2 Å². The van der Waals surface area contributed by atoms with Crippen LogP contribution < -0.4 is 5.32 Å². The van der Waals surface area contributed by atoms with E-state index in [1.807, 2.05) is 4.90 Å². The molecule has 1 aromatic rings. The Labute approximate surface area is 116 Å². The summed E-state index contributed by atoms with van der Waals surface area (Å²) < 4.78 is 31.4. The van der Waals surface area contributed by atoms with Gasteiger partial charge in [-0.25, -0.2) is 8.78 Å². The average Bonchev–Trinajstić information content (AvgIpc) is 2.38. The summed E-state index contributed by atoms with van der Waals surface area (Å²) in [7, 11) is 0. The molecule has 1 N–H and O–H groups in total. The number of hydrogen-bond donors (Lipinski definition) is 1. The average molecular weight is 284 g/mol. The molecule has 0 spiro atoms. The lowest BCUT2D eigenvalue weighted by Gasteiger charge is -2.34. The highest BCUT2D eigenvalue weighted by Crippen LogP contribution is 2.14. The van der Waals surface area contributed by atoms with Gasteiger partial charge in [0.05, 0.1) is 6.61 Å². The minimum atomic E-state index is -0.609. The van der Waals surface area contributed by atoms with Crippen molar-refractivity contribution in [2.24, 2.45) is 0 Å². The molecule has 0 bridgehead atoms. The molecule has 0 radical (unpaired) electrons. The van der Waals surface area contributed by atoms with Gasteiger partial charge in [-0.15, -0.1) is 0 Å². The number of hydrogen-bond acceptors (Lipinski definition) is 4. The van der Waals surface area contributed by atoms with E-state index < -0.39 is 17.7 Å². The van der Waals surface area contributed by atoms with Crippen LogP contribution in [-0.2, 0) is 16.1 Å². The maximum Gasteiger partial charge on any atom is 0.324 e. The van der Waals surface area contributed by atoms with Gasteiger partial charge in [0.1, 0.15) is 17.7 Å². The van der Waals surface area contributed by atoms with Crippen LogP contribution in [-0.4, -0.2) is 43.2 Å². The highest BCUT2D eigenvalue weighted by Gasteiger charge is 2.29. The van der Waals surface area contributed by atoms with Crippen molar-refractivity contribution >= 4 is 5.97 Å². The summed E-state index contributed by atoms with van der Waals surface area (Å²) in [6.45, 7) is 4.23. The molecule has 20 heavy (non-hydrogen) atoms. The van der Waals surface area contributed by atoms with Gasteiger partial charge in [-0.2, -0.15) is 0 Å². The van der Waals surface area contributed by atoms with Crippen molar-refractivity contribution in [3.63, 3.8) is 0 Å². The molecular formula is C14H18F2N2O2. The monoisotopic (exact) mass is 284 g/mol. The molecule has 1 aliphatic heterocycles. The van der Waals surface area contributed by atoms with Crippen molar-refractivity contribution in [3.05, 3.63) is 35.4 Å². The Morgan fingerprint density at radius 2 is 2.10 bits per heavy atom. The van der Waals surface area contributed by atoms with Crippen LogP contribution in [0.4, 0.5) is 8.78 Å². The molecule has 1 aromatic carbocycles. The number of esters is 1. The predicted octanol–water partition coefficient (Wildman–Crippen LogP) is 1.30. The third kappa shape index (κ3) is 3.74. The molecule has 0 saturated carbocycles. The van der Waals surface area contributed by atoms with Gasteiger partial charge in [0, 0.05) is 32.2 Å². The smallest absolute Gasteiger partial charge is 0.324 e. The van der Waals surface area contributed by atoms with E-state index >= 15 is 0 Å². The number of carbonyl (C=O) groups excluding carboxylic acids is 1. The normalized spacial score (nSPS) is 19.9. The Bertz CT molecular complexity index is 462. The standard InChI is InChI=1S/C14H18F2N2O2/c1-2-20-14(19)13-8-17-3-4-18(13)9-10-5-11(15)7-12(16)6-10/h5-7,13,17H,2-4,8-9H2,1H3. The number of halogens is 2. The van der Waals surface area contributed by atoms with Crippen LogP contribution in [0.2, 0.25) is 0 Å². The van der Waals surface area contributed by atoms with Crippen LogP contribution >= 0.6 is 0 Å². The first kappa shape index (κ1) is 14.9. The first-order valence-corrected chi connectivity index (χ1v) is 6.66. The van der Waals surface area contributed by atoms with E-state index in [2.05, 4.69) is 5.32 Å². The van der Waals surface area contributed by atoms with E-state index in [9.17, 15) is 13.6 Å². The highest BCUT2D eigenvalue weighted by atomic mass is 19.1. The van der Waals surface area contributed by atoms with Gasteiger partial charge < -0.3 is 10.1 Å². The number of rotatable bonds is 4. The van der Waals surface area contributed by atoms with Crippen LogP contribution in [0, 0.1) is 11.6 Å². The number of carbonyl (C=O) groups is 1. The third-order valence-corrected chi connectivity index (χ3v) is 3.22. The molecule has 1 unspecified atom stereocenters. The van der Waals surface area contributed by atoms with Gasteiger partial charge in [0.15, 0.2) is 0 Å². The lowest BCUT2D eigenvalue weighted by Crippen LogP contribution is -2.54. The van der Waals surface area contributed by atoms with Crippen molar-refractivity contribution in [1.82, 2.24) is 10.2 Å². The Kier molecular flexibility index (Phi) is 5.03. The van der Waals surface area contributed by atoms with Crippen LogP contribution in [0.1, 0.15) is 12.5 Å². The second-order valence-electron chi connectivity index (χ2n) is 4.72. The lowest BCUT2D eigenvalue weighted by atomic mass is 10.1. The highest BCUT2D eigenvalue weighted by molar-refractivity contribution is 5.76. The SMILES string of the molecule is CCOC(=O)C1CNCCN1Cc1cc(F)cc(F)c1. The Hall–Kier alpha value is -1.53. The van der Waals surface area contributed by atoms with Gasteiger partial charge in [0.25, 0.3) is 0 Å². The van der Waals surface area contributed by atoms with Gasteiger partial charge in [0.2, 0.25) is 0 Å². The summed E-state index contributed by atoms with van der Waals surface area (Å²) in [4.78, 5) is 13.8. The van der Waals surface area contributed by atoms with Gasteiger partial charge in [-0.3, -0.25) is 9.69 Å². The zero-order valence-electron chi connectivity index (χ0n) is 11.4. The Morgan fingerprint density at radius 1 is 1.40 bits per heavy atom. The summed E-state index contributed by atoms with van der Waals surface area (Å²) in [6.07, 6.45) is 0. The number of nitrogens with one attached hydrogen (secondary N) is 1. The summed E-state index contributed by atoms with van der Waals surface area (Å²) >= 11 is 0. The van der Waals surface area contributed by atoms with E-state index in [1.54, 1.807) is 6.92 Å². The molecule has 110 valence electrons. The van der Waals surface area contributed by atoms with E-state index in [4.69, 9.17) is 4.74 Å². The van der Waals surface area contributed by atoms with Crippen molar-refractivity contribution in [3.8, 4) is 0 Å². The number of nitrogens with zero attached hydrogens (tertiary/aromatic N) is 1. The molecule has 4 nitrogen and oxygen atoms in total. The van der Waals surface area contributed by atoms with E-state index in [0.717, 1.165) is 12.6 Å². The summed E-state index contributed by atoms with van der Waals surface area (Å²) in [5.74, 6) is -1.53. The van der Waals surface area contributed by atoms with Gasteiger partial charge >= 0.3 is 5.97 Å². The molecule has 1 atom stereocenters. The first-order valence-electron chi connectivity index (χ1n) is 6.66. The number of benzene rings is 1. The minimum Gasteiger partial charge on any atom is -0.465 e. The molecule has 0 aromatic heterocycles. The second-order valence-corrected chi connectivity index (χ2v) is 4.72. The maximum atomic E-state index is 13.2. The third-order valence-electron chi connectivity index (χ3n) is 3.22. The van der Waals surface area contributed by atoms with E-state index in [1.165, 1.54) is 12.1 Å².